The molecule has 0 aromatic heterocycles. The molecule has 3 rings (SSSR count). The molecule has 138 valence electrons. The van der Waals surface area contributed by atoms with Gasteiger partial charge in [0.15, 0.2) is 0 Å². The molecule has 1 aliphatic rings. The van der Waals surface area contributed by atoms with E-state index in [1.165, 1.54) is 18.4 Å². The third kappa shape index (κ3) is 6.19. The molecular formula is C22H28N2O2. The summed E-state index contributed by atoms with van der Waals surface area (Å²) in [5.74, 6) is 1.55. The van der Waals surface area contributed by atoms with Gasteiger partial charge in [-0.2, -0.15) is 0 Å². The van der Waals surface area contributed by atoms with E-state index in [1.807, 2.05) is 30.3 Å². The Kier molecular flexibility index (Phi) is 6.67. The van der Waals surface area contributed by atoms with Crippen LogP contribution in [0, 0.1) is 5.92 Å². The zero-order valence-corrected chi connectivity index (χ0v) is 15.5. The van der Waals surface area contributed by atoms with Crippen LogP contribution in [0.25, 0.3) is 0 Å². The molecule has 26 heavy (non-hydrogen) atoms. The highest BCUT2D eigenvalue weighted by molar-refractivity contribution is 5.94. The fraction of sp³-hybridized carbons (Fsp3) is 0.409. The summed E-state index contributed by atoms with van der Waals surface area (Å²) in [7, 11) is 2.11. The zero-order chi connectivity index (χ0) is 18.2. The smallest absolute Gasteiger partial charge is 0.251 e. The summed E-state index contributed by atoms with van der Waals surface area (Å²) in [5, 5.41) is 2.99. The van der Waals surface area contributed by atoms with Gasteiger partial charge in [0.1, 0.15) is 5.75 Å². The number of amides is 1. The molecule has 0 aliphatic heterocycles. The van der Waals surface area contributed by atoms with Crippen LogP contribution in [0.3, 0.4) is 0 Å². The van der Waals surface area contributed by atoms with Gasteiger partial charge in [-0.25, -0.2) is 0 Å². The summed E-state index contributed by atoms with van der Waals surface area (Å²) in [6.07, 6.45) is 3.49. The Balaban J connectivity index is 1.33. The maximum Gasteiger partial charge on any atom is 0.251 e. The van der Waals surface area contributed by atoms with Gasteiger partial charge in [-0.05, 0) is 68.6 Å². The van der Waals surface area contributed by atoms with Crippen LogP contribution in [0.5, 0.6) is 5.75 Å². The highest BCUT2D eigenvalue weighted by atomic mass is 16.5. The van der Waals surface area contributed by atoms with Crippen LogP contribution in [-0.4, -0.2) is 37.6 Å². The summed E-state index contributed by atoms with van der Waals surface area (Å²) in [4.78, 5) is 14.5. The molecule has 1 aliphatic carbocycles. The molecule has 0 heterocycles. The van der Waals surface area contributed by atoms with Crippen molar-refractivity contribution < 1.29 is 9.53 Å². The van der Waals surface area contributed by atoms with Crippen molar-refractivity contribution >= 4 is 5.91 Å². The number of rotatable bonds is 10. The number of hydrogen-bond donors (Lipinski definition) is 1. The highest BCUT2D eigenvalue weighted by Gasteiger charge is 2.21. The van der Waals surface area contributed by atoms with Crippen LogP contribution < -0.4 is 10.1 Å². The van der Waals surface area contributed by atoms with Gasteiger partial charge in [0.05, 0.1) is 6.61 Å². The van der Waals surface area contributed by atoms with Crippen LogP contribution in [0.1, 0.15) is 35.2 Å². The lowest BCUT2D eigenvalue weighted by Crippen LogP contribution is -2.28. The molecule has 4 nitrogen and oxygen atoms in total. The van der Waals surface area contributed by atoms with Crippen LogP contribution in [0.4, 0.5) is 0 Å². The maximum atomic E-state index is 12.2. The minimum atomic E-state index is -0.0237. The second-order valence-corrected chi connectivity index (χ2v) is 7.11. The molecule has 1 saturated carbocycles. The SMILES string of the molecule is CN(CCCNC(=O)c1ccc(OCC2CC2)cc1)Cc1ccccc1. The van der Waals surface area contributed by atoms with Crippen molar-refractivity contribution in [2.24, 2.45) is 5.92 Å². The monoisotopic (exact) mass is 352 g/mol. The number of hydrogen-bond acceptors (Lipinski definition) is 3. The van der Waals surface area contributed by atoms with Crippen molar-refractivity contribution in [2.45, 2.75) is 25.8 Å². The third-order valence-corrected chi connectivity index (χ3v) is 4.60. The third-order valence-electron chi connectivity index (χ3n) is 4.60. The van der Waals surface area contributed by atoms with E-state index in [-0.39, 0.29) is 5.91 Å². The Morgan fingerprint density at radius 3 is 2.54 bits per heavy atom. The molecule has 1 amide bonds. The molecule has 0 saturated heterocycles. The second kappa shape index (κ2) is 9.39. The quantitative estimate of drug-likeness (QED) is 0.663. The Hall–Kier alpha value is -2.33. The number of nitrogens with one attached hydrogen (secondary N) is 1. The first-order chi connectivity index (χ1) is 12.7. The number of carbonyl (C=O) groups excluding carboxylic acids is 1. The molecule has 1 N–H and O–H groups in total. The molecular weight excluding hydrogens is 324 g/mol. The van der Waals surface area contributed by atoms with Crippen LogP contribution in [0.15, 0.2) is 54.6 Å². The Bertz CT molecular complexity index is 681. The van der Waals surface area contributed by atoms with Gasteiger partial charge in [-0.1, -0.05) is 30.3 Å². The first-order valence-corrected chi connectivity index (χ1v) is 9.44. The lowest BCUT2D eigenvalue weighted by molar-refractivity contribution is 0.0952. The average molecular weight is 352 g/mol. The number of benzene rings is 2. The molecule has 0 radical (unpaired) electrons. The maximum absolute atomic E-state index is 12.2. The van der Waals surface area contributed by atoms with E-state index < -0.39 is 0 Å². The van der Waals surface area contributed by atoms with E-state index in [0.29, 0.717) is 12.1 Å². The molecule has 4 heteroatoms. The molecule has 2 aromatic carbocycles. The fourth-order valence-corrected chi connectivity index (χ4v) is 2.83. The Labute approximate surface area is 156 Å². The van der Waals surface area contributed by atoms with E-state index in [2.05, 4.69) is 41.5 Å². The molecule has 0 unspecified atom stereocenters. The summed E-state index contributed by atoms with van der Waals surface area (Å²) in [6, 6.07) is 17.8. The van der Waals surface area contributed by atoms with E-state index in [4.69, 9.17) is 4.74 Å². The van der Waals surface area contributed by atoms with Gasteiger partial charge < -0.3 is 15.0 Å². The summed E-state index contributed by atoms with van der Waals surface area (Å²) in [5.41, 5.74) is 1.99. The molecule has 0 bridgehead atoms. The van der Waals surface area contributed by atoms with Crippen molar-refractivity contribution in [3.8, 4) is 5.75 Å². The second-order valence-electron chi connectivity index (χ2n) is 7.11. The van der Waals surface area contributed by atoms with Gasteiger partial charge >= 0.3 is 0 Å². The van der Waals surface area contributed by atoms with Gasteiger partial charge in [0.25, 0.3) is 5.91 Å². The summed E-state index contributed by atoms with van der Waals surface area (Å²) < 4.78 is 5.70. The highest BCUT2D eigenvalue weighted by Crippen LogP contribution is 2.29. The summed E-state index contributed by atoms with van der Waals surface area (Å²) in [6.45, 7) is 3.35. The Morgan fingerprint density at radius 1 is 1.12 bits per heavy atom. The van der Waals surface area contributed by atoms with Crippen molar-refractivity contribution in [1.29, 1.82) is 0 Å². The lowest BCUT2D eigenvalue weighted by Gasteiger charge is -2.16. The van der Waals surface area contributed by atoms with Crippen LogP contribution >= 0.6 is 0 Å². The van der Waals surface area contributed by atoms with Crippen molar-refractivity contribution in [1.82, 2.24) is 10.2 Å². The minimum Gasteiger partial charge on any atom is -0.493 e. The van der Waals surface area contributed by atoms with Gasteiger partial charge in [0, 0.05) is 18.7 Å². The average Bonchev–Trinajstić information content (AvgIpc) is 3.49. The number of nitrogens with zero attached hydrogens (tertiary/aromatic N) is 1. The zero-order valence-electron chi connectivity index (χ0n) is 15.5. The lowest BCUT2D eigenvalue weighted by atomic mass is 10.2. The minimum absolute atomic E-state index is 0.0237. The standard InChI is InChI=1S/C22H28N2O2/c1-24(16-18-6-3-2-4-7-18)15-5-14-23-22(25)20-10-12-21(13-11-20)26-17-19-8-9-19/h2-4,6-7,10-13,19H,5,8-9,14-17H2,1H3,(H,23,25). The van der Waals surface area contributed by atoms with E-state index in [1.54, 1.807) is 0 Å². The van der Waals surface area contributed by atoms with Crippen molar-refractivity contribution in [3.63, 3.8) is 0 Å². The van der Waals surface area contributed by atoms with Crippen LogP contribution in [0.2, 0.25) is 0 Å². The van der Waals surface area contributed by atoms with Gasteiger partial charge in [0.2, 0.25) is 0 Å². The van der Waals surface area contributed by atoms with Gasteiger partial charge in [-0.3, -0.25) is 4.79 Å². The Morgan fingerprint density at radius 2 is 1.85 bits per heavy atom. The van der Waals surface area contributed by atoms with E-state index >= 15 is 0 Å². The van der Waals surface area contributed by atoms with Crippen LogP contribution in [-0.2, 0) is 6.54 Å². The molecule has 2 aromatic rings. The molecule has 0 atom stereocenters. The first-order valence-electron chi connectivity index (χ1n) is 9.44. The fourth-order valence-electron chi connectivity index (χ4n) is 2.83. The van der Waals surface area contributed by atoms with E-state index in [0.717, 1.165) is 37.8 Å². The van der Waals surface area contributed by atoms with Gasteiger partial charge in [-0.15, -0.1) is 0 Å². The number of carbonyl (C=O) groups is 1. The molecule has 0 spiro atoms. The first kappa shape index (κ1) is 18.5. The molecule has 1 fully saturated rings. The predicted molar refractivity (Wildman–Crippen MR) is 104 cm³/mol. The van der Waals surface area contributed by atoms with Crippen molar-refractivity contribution in [3.05, 3.63) is 65.7 Å². The number of ether oxygens (including phenoxy) is 1. The normalized spacial score (nSPS) is 13.6. The van der Waals surface area contributed by atoms with E-state index in [9.17, 15) is 4.79 Å². The topological polar surface area (TPSA) is 41.6 Å². The van der Waals surface area contributed by atoms with Crippen molar-refractivity contribution in [2.75, 3.05) is 26.7 Å². The predicted octanol–water partition coefficient (Wildman–Crippen LogP) is 3.73. The summed E-state index contributed by atoms with van der Waals surface area (Å²) >= 11 is 0. The largest absolute Gasteiger partial charge is 0.493 e.